The van der Waals surface area contributed by atoms with Crippen LogP contribution >= 0.6 is 0 Å². The van der Waals surface area contributed by atoms with Gasteiger partial charge in [0.2, 0.25) is 0 Å². The minimum Gasteiger partial charge on any atom is -0.0683 e. The predicted molar refractivity (Wildman–Crippen MR) is 59.5 cm³/mol. The Hall–Kier alpha value is 0. The molecule has 0 heteroatoms. The van der Waals surface area contributed by atoms with Crippen molar-refractivity contribution in [1.82, 2.24) is 0 Å². The third-order valence-corrected chi connectivity index (χ3v) is 2.55. The average molecular weight is 172 g/mol. The molecule has 0 nitrogen and oxygen atoms in total. The highest BCUT2D eigenvalue weighted by atomic mass is 14.1. The molecule has 0 heterocycles. The van der Waals surface area contributed by atoms with Gasteiger partial charge in [0.15, 0.2) is 0 Å². The van der Waals surface area contributed by atoms with Crippen LogP contribution in [0, 0.1) is 11.8 Å². The first-order valence-electron chi connectivity index (χ1n) is 5.70. The first kappa shape index (κ1) is 14.5. The normalized spacial score (nSPS) is 14.5. The van der Waals surface area contributed by atoms with Crippen LogP contribution in [-0.4, -0.2) is 0 Å². The van der Waals surface area contributed by atoms with Gasteiger partial charge in [-0.15, -0.1) is 0 Å². The molecule has 0 rings (SSSR count). The molecule has 0 saturated carbocycles. The summed E-state index contributed by atoms with van der Waals surface area (Å²) < 4.78 is 0. The highest BCUT2D eigenvalue weighted by molar-refractivity contribution is 4.54. The second kappa shape index (κ2) is 11.0. The van der Waals surface area contributed by atoms with Gasteiger partial charge in [0, 0.05) is 0 Å². The lowest BCUT2D eigenvalue weighted by Crippen LogP contribution is -1.97. The van der Waals surface area contributed by atoms with Gasteiger partial charge in [0.25, 0.3) is 0 Å². The fourth-order valence-corrected chi connectivity index (χ4v) is 0.977. The van der Waals surface area contributed by atoms with E-state index in [0.29, 0.717) is 0 Å². The highest BCUT2D eigenvalue weighted by Crippen LogP contribution is 2.16. The largest absolute Gasteiger partial charge is 0.0683 e. The Kier molecular flexibility index (Phi) is 13.3. The summed E-state index contributed by atoms with van der Waals surface area (Å²) in [5.41, 5.74) is 0. The molecule has 0 aliphatic carbocycles. The van der Waals surface area contributed by atoms with Gasteiger partial charge in [0.1, 0.15) is 0 Å². The first-order valence-corrected chi connectivity index (χ1v) is 5.70. The van der Waals surface area contributed by atoms with Crippen LogP contribution in [-0.2, 0) is 0 Å². The van der Waals surface area contributed by atoms with E-state index in [4.69, 9.17) is 0 Å². The average Bonchev–Trinajstić information content (AvgIpc) is 2.16. The fourth-order valence-electron chi connectivity index (χ4n) is 0.977. The van der Waals surface area contributed by atoms with Gasteiger partial charge in [-0.05, 0) is 11.8 Å². The van der Waals surface area contributed by atoms with Gasteiger partial charge in [0.05, 0.1) is 0 Å². The van der Waals surface area contributed by atoms with Crippen molar-refractivity contribution in [2.24, 2.45) is 11.8 Å². The zero-order chi connectivity index (χ0) is 9.98. The molecule has 12 heavy (non-hydrogen) atoms. The van der Waals surface area contributed by atoms with Crippen molar-refractivity contribution in [2.45, 2.75) is 67.2 Å². The molecule has 0 unspecified atom stereocenters. The van der Waals surface area contributed by atoms with E-state index in [2.05, 4.69) is 27.7 Å². The van der Waals surface area contributed by atoms with Crippen LogP contribution in [0.4, 0.5) is 0 Å². The maximum absolute atomic E-state index is 2.35. The third kappa shape index (κ3) is 10.0. The Bertz CT molecular complexity index is 56.4. The van der Waals surface area contributed by atoms with Crippen molar-refractivity contribution in [2.75, 3.05) is 0 Å². The standard InChI is InChI=1S/C10H22.C2H6/c1-5-9(3)7-8-10(4)6-2;1-2/h9-10H,5-8H2,1-4H3;1-2H3/t9-,10-;/m1./s1. The molecule has 0 N–H and O–H groups in total. The van der Waals surface area contributed by atoms with E-state index in [9.17, 15) is 0 Å². The van der Waals surface area contributed by atoms with Crippen LogP contribution in [0.5, 0.6) is 0 Å². The predicted octanol–water partition coefficient (Wildman–Crippen LogP) is 4.89. The lowest BCUT2D eigenvalue weighted by molar-refractivity contribution is 0.415. The Morgan fingerprint density at radius 3 is 1.17 bits per heavy atom. The van der Waals surface area contributed by atoms with Crippen LogP contribution in [0.2, 0.25) is 0 Å². The van der Waals surface area contributed by atoms with Gasteiger partial charge in [-0.1, -0.05) is 67.2 Å². The highest BCUT2D eigenvalue weighted by Gasteiger charge is 2.02. The smallest absolute Gasteiger partial charge is 0.0445 e. The quantitative estimate of drug-likeness (QED) is 0.554. The van der Waals surface area contributed by atoms with Crippen molar-refractivity contribution in [3.8, 4) is 0 Å². The summed E-state index contributed by atoms with van der Waals surface area (Å²) in [4.78, 5) is 0. The molecule has 0 fully saturated rings. The van der Waals surface area contributed by atoms with E-state index in [1.807, 2.05) is 13.8 Å². The Morgan fingerprint density at radius 2 is 1.00 bits per heavy atom. The van der Waals surface area contributed by atoms with E-state index in [0.717, 1.165) is 11.8 Å². The van der Waals surface area contributed by atoms with Crippen molar-refractivity contribution in [3.63, 3.8) is 0 Å². The molecule has 0 amide bonds. The lowest BCUT2D eigenvalue weighted by Gasteiger charge is -2.11. The van der Waals surface area contributed by atoms with Crippen molar-refractivity contribution in [3.05, 3.63) is 0 Å². The summed E-state index contributed by atoms with van der Waals surface area (Å²) >= 11 is 0. The molecule has 76 valence electrons. The van der Waals surface area contributed by atoms with Crippen molar-refractivity contribution < 1.29 is 0 Å². The summed E-state index contributed by atoms with van der Waals surface area (Å²) in [6.45, 7) is 13.3. The van der Waals surface area contributed by atoms with Gasteiger partial charge >= 0.3 is 0 Å². The van der Waals surface area contributed by atoms with Crippen molar-refractivity contribution in [1.29, 1.82) is 0 Å². The number of hydrogen-bond donors (Lipinski definition) is 0. The molecule has 0 aliphatic rings. The summed E-state index contributed by atoms with van der Waals surface area (Å²) in [6.07, 6.45) is 5.53. The number of rotatable bonds is 5. The summed E-state index contributed by atoms with van der Waals surface area (Å²) in [6, 6.07) is 0. The molecule has 2 atom stereocenters. The molecule has 0 radical (unpaired) electrons. The second-order valence-electron chi connectivity index (χ2n) is 3.60. The molecular formula is C12H28. The summed E-state index contributed by atoms with van der Waals surface area (Å²) in [5, 5.41) is 0. The molecular weight excluding hydrogens is 144 g/mol. The molecule has 0 saturated heterocycles. The van der Waals surface area contributed by atoms with Gasteiger partial charge in [-0.2, -0.15) is 0 Å². The minimum absolute atomic E-state index is 0.939. The maximum Gasteiger partial charge on any atom is -0.0445 e. The van der Waals surface area contributed by atoms with Crippen LogP contribution in [0.25, 0.3) is 0 Å². The first-order chi connectivity index (χ1) is 5.70. The zero-order valence-electron chi connectivity index (χ0n) is 9.98. The maximum atomic E-state index is 2.35. The van der Waals surface area contributed by atoms with Gasteiger partial charge < -0.3 is 0 Å². The molecule has 0 spiro atoms. The topological polar surface area (TPSA) is 0 Å². The third-order valence-electron chi connectivity index (χ3n) is 2.55. The molecule has 0 bridgehead atoms. The molecule has 0 aromatic heterocycles. The Morgan fingerprint density at radius 1 is 0.750 bits per heavy atom. The van der Waals surface area contributed by atoms with Crippen LogP contribution < -0.4 is 0 Å². The summed E-state index contributed by atoms with van der Waals surface area (Å²) in [5.74, 6) is 1.88. The molecule has 0 aliphatic heterocycles. The monoisotopic (exact) mass is 172 g/mol. The second-order valence-corrected chi connectivity index (χ2v) is 3.60. The van der Waals surface area contributed by atoms with Gasteiger partial charge in [-0.25, -0.2) is 0 Å². The van der Waals surface area contributed by atoms with E-state index in [-0.39, 0.29) is 0 Å². The zero-order valence-corrected chi connectivity index (χ0v) is 9.98. The van der Waals surface area contributed by atoms with E-state index >= 15 is 0 Å². The Labute approximate surface area is 79.8 Å². The van der Waals surface area contributed by atoms with Crippen molar-refractivity contribution >= 4 is 0 Å². The summed E-state index contributed by atoms with van der Waals surface area (Å²) in [7, 11) is 0. The van der Waals surface area contributed by atoms with E-state index < -0.39 is 0 Å². The van der Waals surface area contributed by atoms with E-state index in [1.54, 1.807) is 0 Å². The van der Waals surface area contributed by atoms with Crippen LogP contribution in [0.3, 0.4) is 0 Å². The molecule has 0 aromatic rings. The molecule has 0 aromatic carbocycles. The van der Waals surface area contributed by atoms with Crippen LogP contribution in [0.1, 0.15) is 67.2 Å². The Balaban J connectivity index is 0. The number of hydrogen-bond acceptors (Lipinski definition) is 0. The van der Waals surface area contributed by atoms with E-state index in [1.165, 1.54) is 25.7 Å². The fraction of sp³-hybridized carbons (Fsp3) is 1.00. The van der Waals surface area contributed by atoms with Gasteiger partial charge in [-0.3, -0.25) is 0 Å². The SMILES string of the molecule is CC.CC[C@@H](C)CC[C@H](C)CC. The lowest BCUT2D eigenvalue weighted by atomic mass is 9.95. The minimum atomic E-state index is 0.939. The van der Waals surface area contributed by atoms with Crippen LogP contribution in [0.15, 0.2) is 0 Å².